The van der Waals surface area contributed by atoms with Gasteiger partial charge in [0.15, 0.2) is 11.6 Å². The van der Waals surface area contributed by atoms with Crippen LogP contribution in [0.25, 0.3) is 0 Å². The van der Waals surface area contributed by atoms with E-state index in [0.717, 1.165) is 16.8 Å². The lowest BCUT2D eigenvalue weighted by atomic mass is 10.0. The Labute approximate surface area is 179 Å². The van der Waals surface area contributed by atoms with E-state index in [1.165, 1.54) is 12.1 Å². The van der Waals surface area contributed by atoms with E-state index < -0.39 is 5.91 Å². The quantitative estimate of drug-likeness (QED) is 0.631. The topological polar surface area (TPSA) is 100 Å². The summed E-state index contributed by atoms with van der Waals surface area (Å²) in [6.07, 6.45) is 0.652. The van der Waals surface area contributed by atoms with Gasteiger partial charge in [-0.3, -0.25) is 4.79 Å². The number of hydrogen-bond acceptors (Lipinski definition) is 7. The molecule has 4 rings (SSSR count). The van der Waals surface area contributed by atoms with E-state index in [0.29, 0.717) is 36.1 Å². The first kappa shape index (κ1) is 20.5. The summed E-state index contributed by atoms with van der Waals surface area (Å²) < 4.78 is 13.5. The van der Waals surface area contributed by atoms with Gasteiger partial charge in [0, 0.05) is 37.9 Å². The maximum Gasteiger partial charge on any atom is 0.252 e. The number of benzene rings is 2. The molecular weight excluding hydrogens is 397 g/mol. The molecule has 1 aromatic heterocycles. The molecule has 0 spiro atoms. The van der Waals surface area contributed by atoms with Crippen LogP contribution in [0, 0.1) is 5.82 Å². The van der Waals surface area contributed by atoms with Gasteiger partial charge in [-0.05, 0) is 48.7 Å². The summed E-state index contributed by atoms with van der Waals surface area (Å²) in [5, 5.41) is 12.0. The van der Waals surface area contributed by atoms with E-state index in [-0.39, 0.29) is 11.9 Å². The highest BCUT2D eigenvalue weighted by molar-refractivity contribution is 5.97. The summed E-state index contributed by atoms with van der Waals surface area (Å²) in [5.41, 5.74) is 8.58. The lowest BCUT2D eigenvalue weighted by Crippen LogP contribution is -2.27. The molecule has 1 unspecified atom stereocenters. The highest BCUT2D eigenvalue weighted by Crippen LogP contribution is 2.39. The standard InChI is InChI=1S/C22H24FN7O/c1-13-10-17-16(19(24)31)8-5-9-18(17)30(13)22-26-20(21(27-28-22)29(2)3)25-12-14-6-4-7-15(23)11-14/h4-9,11,13H,10,12H2,1-3H3,(H2,24,31)(H,25,26,28). The van der Waals surface area contributed by atoms with Gasteiger partial charge in [0.25, 0.3) is 5.95 Å². The normalized spacial score (nSPS) is 15.0. The van der Waals surface area contributed by atoms with Crippen LogP contribution < -0.4 is 20.9 Å². The molecule has 3 N–H and O–H groups in total. The summed E-state index contributed by atoms with van der Waals surface area (Å²) in [7, 11) is 3.71. The molecule has 8 nitrogen and oxygen atoms in total. The Hall–Kier alpha value is -3.75. The number of rotatable bonds is 6. The Morgan fingerprint density at radius 1 is 1.26 bits per heavy atom. The number of halogens is 1. The summed E-state index contributed by atoms with van der Waals surface area (Å²) in [5.74, 6) is 0.774. The molecule has 31 heavy (non-hydrogen) atoms. The number of amides is 1. The zero-order chi connectivity index (χ0) is 22.1. The van der Waals surface area contributed by atoms with Crippen molar-refractivity contribution < 1.29 is 9.18 Å². The average molecular weight is 421 g/mol. The van der Waals surface area contributed by atoms with Crippen molar-refractivity contribution in [2.24, 2.45) is 5.73 Å². The van der Waals surface area contributed by atoms with Gasteiger partial charge in [-0.15, -0.1) is 10.2 Å². The number of carbonyl (C=O) groups is 1. The molecule has 2 aromatic carbocycles. The average Bonchev–Trinajstić information content (AvgIpc) is 3.07. The molecule has 160 valence electrons. The molecule has 0 fully saturated rings. The van der Waals surface area contributed by atoms with Crippen LogP contribution >= 0.6 is 0 Å². The van der Waals surface area contributed by atoms with Crippen LogP contribution in [0.3, 0.4) is 0 Å². The Morgan fingerprint density at radius 3 is 2.74 bits per heavy atom. The van der Waals surface area contributed by atoms with Crippen molar-refractivity contribution in [3.63, 3.8) is 0 Å². The second-order valence-electron chi connectivity index (χ2n) is 7.75. The third kappa shape index (κ3) is 3.98. The summed E-state index contributed by atoms with van der Waals surface area (Å²) in [6, 6.07) is 11.9. The van der Waals surface area contributed by atoms with Crippen molar-refractivity contribution in [2.75, 3.05) is 29.2 Å². The molecule has 1 aliphatic rings. The molecule has 9 heteroatoms. The van der Waals surface area contributed by atoms with Crippen LogP contribution in [0.1, 0.15) is 28.4 Å². The molecule has 0 radical (unpaired) electrons. The van der Waals surface area contributed by atoms with Crippen LogP contribution in [0.15, 0.2) is 42.5 Å². The third-order valence-corrected chi connectivity index (χ3v) is 5.26. The molecule has 1 atom stereocenters. The molecule has 1 amide bonds. The predicted molar refractivity (Wildman–Crippen MR) is 118 cm³/mol. The Morgan fingerprint density at radius 2 is 2.03 bits per heavy atom. The number of hydrogen-bond donors (Lipinski definition) is 2. The predicted octanol–water partition coefficient (Wildman–Crippen LogP) is 2.87. The molecule has 0 aliphatic carbocycles. The van der Waals surface area contributed by atoms with Gasteiger partial charge >= 0.3 is 0 Å². The lowest BCUT2D eigenvalue weighted by molar-refractivity contribution is 0.0999. The Kier molecular flexibility index (Phi) is 5.41. The molecule has 2 heterocycles. The van der Waals surface area contributed by atoms with E-state index in [2.05, 4.69) is 15.5 Å². The van der Waals surface area contributed by atoms with E-state index >= 15 is 0 Å². The maximum atomic E-state index is 13.5. The second kappa shape index (κ2) is 8.17. The minimum atomic E-state index is -0.453. The highest BCUT2D eigenvalue weighted by Gasteiger charge is 2.32. The molecular formula is C22H24FN7O. The molecule has 0 saturated carbocycles. The summed E-state index contributed by atoms with van der Waals surface area (Å²) in [4.78, 5) is 20.3. The van der Waals surface area contributed by atoms with E-state index in [9.17, 15) is 9.18 Å². The molecule has 0 bridgehead atoms. The van der Waals surface area contributed by atoms with Gasteiger partial charge in [0.1, 0.15) is 5.82 Å². The molecule has 3 aromatic rings. The van der Waals surface area contributed by atoms with Gasteiger partial charge in [0.2, 0.25) is 5.91 Å². The van der Waals surface area contributed by atoms with E-state index in [1.807, 2.05) is 43.0 Å². The van der Waals surface area contributed by atoms with Crippen LogP contribution in [0.2, 0.25) is 0 Å². The number of carbonyl (C=O) groups excluding carboxylic acids is 1. The van der Waals surface area contributed by atoms with E-state index in [4.69, 9.17) is 10.7 Å². The maximum absolute atomic E-state index is 13.5. The zero-order valence-corrected chi connectivity index (χ0v) is 17.6. The zero-order valence-electron chi connectivity index (χ0n) is 17.6. The van der Waals surface area contributed by atoms with Crippen molar-refractivity contribution >= 4 is 29.2 Å². The highest BCUT2D eigenvalue weighted by atomic mass is 19.1. The number of aromatic nitrogens is 3. The van der Waals surface area contributed by atoms with Gasteiger partial charge in [-0.25, -0.2) is 4.39 Å². The summed E-state index contributed by atoms with van der Waals surface area (Å²) >= 11 is 0. The van der Waals surface area contributed by atoms with Gasteiger partial charge < -0.3 is 20.9 Å². The SMILES string of the molecule is CC1Cc2c(C(N)=O)cccc2N1c1nnc(N(C)C)c(NCc2cccc(F)c2)n1. The largest absolute Gasteiger partial charge is 0.366 e. The number of fused-ring (bicyclic) bond motifs is 1. The van der Waals surface area contributed by atoms with Gasteiger partial charge in [-0.1, -0.05) is 18.2 Å². The fraction of sp³-hybridized carbons (Fsp3) is 0.273. The van der Waals surface area contributed by atoms with Crippen molar-refractivity contribution in [3.05, 3.63) is 65.0 Å². The Bertz CT molecular complexity index is 1130. The minimum Gasteiger partial charge on any atom is -0.366 e. The molecule has 0 saturated heterocycles. The van der Waals surface area contributed by atoms with Crippen LogP contribution in [0.4, 0.5) is 27.7 Å². The van der Waals surface area contributed by atoms with E-state index in [1.54, 1.807) is 18.2 Å². The first-order valence-electron chi connectivity index (χ1n) is 9.96. The number of primary amides is 1. The third-order valence-electron chi connectivity index (χ3n) is 5.26. The monoisotopic (exact) mass is 421 g/mol. The van der Waals surface area contributed by atoms with Crippen LogP contribution in [0.5, 0.6) is 0 Å². The summed E-state index contributed by atoms with van der Waals surface area (Å²) in [6.45, 7) is 2.42. The van der Waals surface area contributed by atoms with Crippen LogP contribution in [-0.4, -0.2) is 41.2 Å². The van der Waals surface area contributed by atoms with Crippen molar-refractivity contribution in [1.82, 2.24) is 15.2 Å². The first-order valence-corrected chi connectivity index (χ1v) is 9.96. The van der Waals surface area contributed by atoms with Crippen LogP contribution in [-0.2, 0) is 13.0 Å². The first-order chi connectivity index (χ1) is 14.8. The van der Waals surface area contributed by atoms with Gasteiger partial charge in [-0.2, -0.15) is 4.98 Å². The fourth-order valence-corrected chi connectivity index (χ4v) is 3.84. The van der Waals surface area contributed by atoms with Gasteiger partial charge in [0.05, 0.1) is 0 Å². The number of nitrogens with two attached hydrogens (primary N) is 1. The fourth-order valence-electron chi connectivity index (χ4n) is 3.84. The number of nitrogens with zero attached hydrogens (tertiary/aromatic N) is 5. The minimum absolute atomic E-state index is 0.0265. The number of anilines is 4. The Balaban J connectivity index is 1.70. The second-order valence-corrected chi connectivity index (χ2v) is 7.75. The molecule has 1 aliphatic heterocycles. The lowest BCUT2D eigenvalue weighted by Gasteiger charge is -2.24. The number of nitrogens with one attached hydrogen (secondary N) is 1. The van der Waals surface area contributed by atoms with Crippen molar-refractivity contribution in [3.8, 4) is 0 Å². The van der Waals surface area contributed by atoms with Crippen molar-refractivity contribution in [1.29, 1.82) is 0 Å². The van der Waals surface area contributed by atoms with Crippen molar-refractivity contribution in [2.45, 2.75) is 25.9 Å². The smallest absolute Gasteiger partial charge is 0.252 e.